The molecule has 1 aromatic carbocycles. The fourth-order valence-electron chi connectivity index (χ4n) is 1.61. The van der Waals surface area contributed by atoms with Crippen molar-refractivity contribution in [2.45, 2.75) is 20.3 Å². The second kappa shape index (κ2) is 4.58. The van der Waals surface area contributed by atoms with Crippen LogP contribution in [-0.4, -0.2) is 10.8 Å². The number of carbonyl (C=O) groups is 1. The molecule has 0 aliphatic carbocycles. The molecule has 3 heteroatoms. The van der Waals surface area contributed by atoms with Crippen LogP contribution in [0, 0.1) is 13.8 Å². The van der Waals surface area contributed by atoms with Crippen molar-refractivity contribution in [3.8, 4) is 0 Å². The standard InChI is InChI=1S/C13H13NOS/c1-9-3-4-10(2)11(7-9)12(15)8-13-14-5-6-16-13/h3-7H,8H2,1-2H3. The first-order chi connectivity index (χ1) is 7.66. The molecule has 0 amide bonds. The van der Waals surface area contributed by atoms with E-state index in [2.05, 4.69) is 4.98 Å². The number of rotatable bonds is 3. The molecule has 82 valence electrons. The van der Waals surface area contributed by atoms with E-state index in [0.717, 1.165) is 21.7 Å². The maximum atomic E-state index is 12.1. The summed E-state index contributed by atoms with van der Waals surface area (Å²) < 4.78 is 0. The molecule has 16 heavy (non-hydrogen) atoms. The van der Waals surface area contributed by atoms with E-state index < -0.39 is 0 Å². The Bertz CT molecular complexity index is 503. The minimum absolute atomic E-state index is 0.149. The van der Waals surface area contributed by atoms with Crippen LogP contribution in [-0.2, 0) is 6.42 Å². The lowest BCUT2D eigenvalue weighted by Crippen LogP contribution is -2.05. The van der Waals surface area contributed by atoms with Gasteiger partial charge in [0.2, 0.25) is 0 Å². The summed E-state index contributed by atoms with van der Waals surface area (Å²) in [4.78, 5) is 16.2. The molecule has 0 radical (unpaired) electrons. The van der Waals surface area contributed by atoms with Crippen molar-refractivity contribution in [2.75, 3.05) is 0 Å². The van der Waals surface area contributed by atoms with Crippen molar-refractivity contribution >= 4 is 17.1 Å². The number of thiazole rings is 1. The highest BCUT2D eigenvalue weighted by Crippen LogP contribution is 2.15. The summed E-state index contributed by atoms with van der Waals surface area (Å²) in [6.07, 6.45) is 2.14. The molecule has 2 rings (SSSR count). The van der Waals surface area contributed by atoms with E-state index in [9.17, 15) is 4.79 Å². The summed E-state index contributed by atoms with van der Waals surface area (Å²) in [5.41, 5.74) is 2.97. The van der Waals surface area contributed by atoms with Gasteiger partial charge in [-0.2, -0.15) is 0 Å². The van der Waals surface area contributed by atoms with Crippen LogP contribution in [0.25, 0.3) is 0 Å². The maximum absolute atomic E-state index is 12.1. The van der Waals surface area contributed by atoms with Crippen molar-refractivity contribution in [1.29, 1.82) is 0 Å². The molecule has 0 aliphatic rings. The van der Waals surface area contributed by atoms with Crippen molar-refractivity contribution in [1.82, 2.24) is 4.98 Å². The zero-order valence-corrected chi connectivity index (χ0v) is 10.2. The number of benzene rings is 1. The first kappa shape index (κ1) is 11.0. The van der Waals surface area contributed by atoms with Gasteiger partial charge in [0, 0.05) is 17.1 Å². The minimum atomic E-state index is 0.149. The Morgan fingerprint density at radius 1 is 1.38 bits per heavy atom. The minimum Gasteiger partial charge on any atom is -0.294 e. The van der Waals surface area contributed by atoms with Crippen molar-refractivity contribution in [3.05, 3.63) is 51.5 Å². The SMILES string of the molecule is Cc1ccc(C)c(C(=O)Cc2nccs2)c1. The molecule has 0 atom stereocenters. The molecule has 0 spiro atoms. The second-order valence-corrected chi connectivity index (χ2v) is 4.82. The summed E-state index contributed by atoms with van der Waals surface area (Å²) in [6, 6.07) is 5.96. The normalized spacial score (nSPS) is 10.4. The number of Topliss-reactive ketones (excluding diaryl/α,β-unsaturated/α-hetero) is 1. The van der Waals surface area contributed by atoms with Crippen LogP contribution in [0.1, 0.15) is 26.5 Å². The van der Waals surface area contributed by atoms with E-state index >= 15 is 0 Å². The largest absolute Gasteiger partial charge is 0.294 e. The fourth-order valence-corrected chi connectivity index (χ4v) is 2.22. The third-order valence-electron chi connectivity index (χ3n) is 2.49. The number of aryl methyl sites for hydroxylation is 2. The van der Waals surface area contributed by atoms with Crippen LogP contribution in [0.3, 0.4) is 0 Å². The fraction of sp³-hybridized carbons (Fsp3) is 0.231. The third-order valence-corrected chi connectivity index (χ3v) is 3.27. The number of carbonyl (C=O) groups excluding carboxylic acids is 1. The number of hydrogen-bond acceptors (Lipinski definition) is 3. The molecule has 1 aromatic heterocycles. The highest BCUT2D eigenvalue weighted by atomic mass is 32.1. The van der Waals surface area contributed by atoms with Crippen LogP contribution in [0.5, 0.6) is 0 Å². The lowest BCUT2D eigenvalue weighted by atomic mass is 10.0. The van der Waals surface area contributed by atoms with Gasteiger partial charge in [-0.1, -0.05) is 17.7 Å². The first-order valence-electron chi connectivity index (χ1n) is 5.15. The van der Waals surface area contributed by atoms with Gasteiger partial charge in [0.1, 0.15) is 5.01 Å². The zero-order chi connectivity index (χ0) is 11.5. The van der Waals surface area contributed by atoms with Crippen LogP contribution in [0.15, 0.2) is 29.8 Å². The number of aromatic nitrogens is 1. The molecule has 0 saturated heterocycles. The molecular weight excluding hydrogens is 218 g/mol. The Morgan fingerprint density at radius 3 is 2.88 bits per heavy atom. The van der Waals surface area contributed by atoms with E-state index in [1.165, 1.54) is 11.3 Å². The van der Waals surface area contributed by atoms with Gasteiger partial charge in [-0.05, 0) is 25.5 Å². The lowest BCUT2D eigenvalue weighted by Gasteiger charge is -2.04. The van der Waals surface area contributed by atoms with Crippen LogP contribution >= 0.6 is 11.3 Å². The van der Waals surface area contributed by atoms with E-state index in [4.69, 9.17) is 0 Å². The molecule has 2 aromatic rings. The van der Waals surface area contributed by atoms with Crippen molar-refractivity contribution in [3.63, 3.8) is 0 Å². The molecule has 2 nitrogen and oxygen atoms in total. The number of nitrogens with zero attached hydrogens (tertiary/aromatic N) is 1. The van der Waals surface area contributed by atoms with Gasteiger partial charge in [0.05, 0.1) is 6.42 Å². The quantitative estimate of drug-likeness (QED) is 0.759. The van der Waals surface area contributed by atoms with Crippen LogP contribution in [0.4, 0.5) is 0 Å². The van der Waals surface area contributed by atoms with E-state index in [0.29, 0.717) is 6.42 Å². The third kappa shape index (κ3) is 2.36. The van der Waals surface area contributed by atoms with Crippen molar-refractivity contribution < 1.29 is 4.79 Å². The summed E-state index contributed by atoms with van der Waals surface area (Å²) in [5.74, 6) is 0.149. The molecule has 0 aliphatic heterocycles. The molecule has 0 N–H and O–H groups in total. The van der Waals surface area contributed by atoms with Gasteiger partial charge in [0.25, 0.3) is 0 Å². The smallest absolute Gasteiger partial charge is 0.169 e. The summed E-state index contributed by atoms with van der Waals surface area (Å²) >= 11 is 1.52. The average Bonchev–Trinajstić information content (AvgIpc) is 2.74. The highest BCUT2D eigenvalue weighted by molar-refractivity contribution is 7.09. The number of ketones is 1. The number of hydrogen-bond donors (Lipinski definition) is 0. The van der Waals surface area contributed by atoms with Crippen molar-refractivity contribution in [2.24, 2.45) is 0 Å². The van der Waals surface area contributed by atoms with E-state index in [1.807, 2.05) is 37.4 Å². The van der Waals surface area contributed by atoms with E-state index in [-0.39, 0.29) is 5.78 Å². The average molecular weight is 231 g/mol. The van der Waals surface area contributed by atoms with Gasteiger partial charge in [0.15, 0.2) is 5.78 Å². The Kier molecular flexibility index (Phi) is 3.15. The lowest BCUT2D eigenvalue weighted by molar-refractivity contribution is 0.0992. The topological polar surface area (TPSA) is 30.0 Å². The van der Waals surface area contributed by atoms with Gasteiger partial charge in [-0.15, -0.1) is 11.3 Å². The summed E-state index contributed by atoms with van der Waals surface area (Å²) in [7, 11) is 0. The first-order valence-corrected chi connectivity index (χ1v) is 6.03. The Labute approximate surface area is 99.0 Å². The Morgan fingerprint density at radius 2 is 2.19 bits per heavy atom. The van der Waals surface area contributed by atoms with Gasteiger partial charge in [-0.3, -0.25) is 4.79 Å². The predicted octanol–water partition coefficient (Wildman–Crippen LogP) is 3.19. The molecule has 1 heterocycles. The van der Waals surface area contributed by atoms with E-state index in [1.54, 1.807) is 6.20 Å². The van der Waals surface area contributed by atoms with Crippen LogP contribution in [0.2, 0.25) is 0 Å². The molecule has 0 fully saturated rings. The molecular formula is C13H13NOS. The Balaban J connectivity index is 2.24. The Hall–Kier alpha value is -1.48. The molecule has 0 unspecified atom stereocenters. The summed E-state index contributed by atoms with van der Waals surface area (Å²) in [6.45, 7) is 3.97. The maximum Gasteiger partial charge on any atom is 0.169 e. The summed E-state index contributed by atoms with van der Waals surface area (Å²) in [5, 5.41) is 2.78. The zero-order valence-electron chi connectivity index (χ0n) is 9.36. The monoisotopic (exact) mass is 231 g/mol. The second-order valence-electron chi connectivity index (χ2n) is 3.84. The van der Waals surface area contributed by atoms with Gasteiger partial charge < -0.3 is 0 Å². The molecule has 0 bridgehead atoms. The van der Waals surface area contributed by atoms with Crippen LogP contribution < -0.4 is 0 Å². The van der Waals surface area contributed by atoms with Gasteiger partial charge >= 0.3 is 0 Å². The predicted molar refractivity (Wildman–Crippen MR) is 66.1 cm³/mol. The van der Waals surface area contributed by atoms with Gasteiger partial charge in [-0.25, -0.2) is 4.98 Å². The highest BCUT2D eigenvalue weighted by Gasteiger charge is 2.11. The molecule has 0 saturated carbocycles.